The Bertz CT molecular complexity index is 940. The van der Waals surface area contributed by atoms with E-state index in [4.69, 9.17) is 5.26 Å². The Hall–Kier alpha value is -2.20. The summed E-state index contributed by atoms with van der Waals surface area (Å²) in [6.45, 7) is 3.39. The fraction of sp³-hybridized carbons (Fsp3) is 0.381. The molecule has 6 heteroatoms. The summed E-state index contributed by atoms with van der Waals surface area (Å²) in [7, 11) is -3.45. The van der Waals surface area contributed by atoms with Crippen LogP contribution in [0, 0.1) is 11.3 Å². The van der Waals surface area contributed by atoms with Crippen LogP contribution < -0.4 is 0 Å². The van der Waals surface area contributed by atoms with E-state index in [0.29, 0.717) is 29.6 Å². The van der Waals surface area contributed by atoms with Gasteiger partial charge in [0.25, 0.3) is 0 Å². The molecule has 4 rings (SSSR count). The average molecular weight is 382 g/mol. The van der Waals surface area contributed by atoms with Gasteiger partial charge < -0.3 is 0 Å². The summed E-state index contributed by atoms with van der Waals surface area (Å²) in [4.78, 5) is 2.78. The minimum Gasteiger partial charge on any atom is -0.299 e. The lowest BCUT2D eigenvalue weighted by Crippen LogP contribution is -2.37. The van der Waals surface area contributed by atoms with Crippen LogP contribution in [-0.4, -0.2) is 49.8 Å². The topological polar surface area (TPSA) is 64.4 Å². The molecule has 0 spiro atoms. The molecule has 2 aliphatic heterocycles. The zero-order valence-corrected chi connectivity index (χ0v) is 16.0. The quantitative estimate of drug-likeness (QED) is 0.816. The SMILES string of the molecule is N#Cc1ccc(-c2ccc(S(=O)(=O)N3CCC(N4CCCC4)C3)cc2)cc1. The lowest BCUT2D eigenvalue weighted by atomic mass is 10.0. The van der Waals surface area contributed by atoms with Gasteiger partial charge >= 0.3 is 0 Å². The summed E-state index contributed by atoms with van der Waals surface area (Å²) < 4.78 is 27.6. The third kappa shape index (κ3) is 3.63. The predicted octanol–water partition coefficient (Wildman–Crippen LogP) is 3.08. The second-order valence-electron chi connectivity index (χ2n) is 7.26. The first-order chi connectivity index (χ1) is 13.1. The number of nitrogens with zero attached hydrogens (tertiary/aromatic N) is 3. The molecule has 0 saturated carbocycles. The van der Waals surface area contributed by atoms with Crippen LogP contribution in [-0.2, 0) is 10.0 Å². The highest BCUT2D eigenvalue weighted by Gasteiger charge is 2.35. The van der Waals surface area contributed by atoms with Crippen molar-refractivity contribution in [2.24, 2.45) is 0 Å². The number of benzene rings is 2. The van der Waals surface area contributed by atoms with Crippen molar-refractivity contribution in [1.82, 2.24) is 9.21 Å². The summed E-state index contributed by atoms with van der Waals surface area (Å²) >= 11 is 0. The predicted molar refractivity (Wildman–Crippen MR) is 105 cm³/mol. The van der Waals surface area contributed by atoms with Crippen molar-refractivity contribution < 1.29 is 8.42 Å². The molecule has 2 heterocycles. The number of hydrogen-bond acceptors (Lipinski definition) is 4. The van der Waals surface area contributed by atoms with Crippen LogP contribution in [0.4, 0.5) is 0 Å². The van der Waals surface area contributed by atoms with Crippen LogP contribution in [0.15, 0.2) is 53.4 Å². The monoisotopic (exact) mass is 381 g/mol. The van der Waals surface area contributed by atoms with E-state index in [2.05, 4.69) is 11.0 Å². The van der Waals surface area contributed by atoms with Crippen molar-refractivity contribution in [3.63, 3.8) is 0 Å². The van der Waals surface area contributed by atoms with Gasteiger partial charge in [0.05, 0.1) is 16.5 Å². The molecule has 0 aromatic heterocycles. The minimum atomic E-state index is -3.45. The molecule has 1 unspecified atom stereocenters. The summed E-state index contributed by atoms with van der Waals surface area (Å²) in [5, 5.41) is 8.89. The van der Waals surface area contributed by atoms with Crippen molar-refractivity contribution in [2.75, 3.05) is 26.2 Å². The molecule has 2 aromatic rings. The Morgan fingerprint density at radius 1 is 0.889 bits per heavy atom. The Balaban J connectivity index is 1.49. The number of rotatable bonds is 4. The molecule has 2 aromatic carbocycles. The molecule has 0 N–H and O–H groups in total. The van der Waals surface area contributed by atoms with E-state index in [-0.39, 0.29) is 0 Å². The molecule has 0 aliphatic carbocycles. The van der Waals surface area contributed by atoms with E-state index in [9.17, 15) is 8.42 Å². The van der Waals surface area contributed by atoms with Crippen LogP contribution >= 0.6 is 0 Å². The van der Waals surface area contributed by atoms with E-state index in [1.807, 2.05) is 24.3 Å². The zero-order chi connectivity index (χ0) is 18.9. The van der Waals surface area contributed by atoms with Gasteiger partial charge in [0.1, 0.15) is 0 Å². The summed E-state index contributed by atoms with van der Waals surface area (Å²) in [5.74, 6) is 0. The Morgan fingerprint density at radius 3 is 2.07 bits per heavy atom. The third-order valence-corrected chi connectivity index (χ3v) is 7.50. The molecule has 0 amide bonds. The number of hydrogen-bond donors (Lipinski definition) is 0. The number of sulfonamides is 1. The van der Waals surface area contributed by atoms with E-state index in [1.165, 1.54) is 12.8 Å². The lowest BCUT2D eigenvalue weighted by molar-refractivity contribution is 0.251. The highest BCUT2D eigenvalue weighted by molar-refractivity contribution is 7.89. The maximum absolute atomic E-state index is 13.0. The molecular weight excluding hydrogens is 358 g/mol. The standard InChI is InChI=1S/C21H23N3O2S/c22-15-17-3-5-18(6-4-17)19-7-9-21(10-8-19)27(25,26)24-14-11-20(16-24)23-12-1-2-13-23/h3-10,20H,1-2,11-14,16H2. The van der Waals surface area contributed by atoms with Gasteiger partial charge in [0.2, 0.25) is 10.0 Å². The molecule has 2 aliphatic rings. The average Bonchev–Trinajstić information content (AvgIpc) is 3.40. The maximum Gasteiger partial charge on any atom is 0.243 e. The van der Waals surface area contributed by atoms with Crippen molar-refractivity contribution in [3.8, 4) is 17.2 Å². The highest BCUT2D eigenvalue weighted by atomic mass is 32.2. The number of nitriles is 1. The second kappa shape index (κ2) is 7.43. The minimum absolute atomic E-state index is 0.349. The molecule has 5 nitrogen and oxygen atoms in total. The van der Waals surface area contributed by atoms with Gasteiger partial charge in [-0.3, -0.25) is 4.90 Å². The first kappa shape index (κ1) is 18.2. The Labute approximate surface area is 160 Å². The molecule has 0 bridgehead atoms. The third-order valence-electron chi connectivity index (χ3n) is 5.62. The van der Waals surface area contributed by atoms with Gasteiger partial charge in [0.15, 0.2) is 0 Å². The fourth-order valence-corrected chi connectivity index (χ4v) is 5.53. The van der Waals surface area contributed by atoms with Crippen LogP contribution in [0.25, 0.3) is 11.1 Å². The van der Waals surface area contributed by atoms with E-state index in [0.717, 1.165) is 30.6 Å². The van der Waals surface area contributed by atoms with Crippen molar-refractivity contribution in [3.05, 3.63) is 54.1 Å². The number of likely N-dealkylation sites (tertiary alicyclic amines) is 1. The van der Waals surface area contributed by atoms with Gasteiger partial charge in [-0.1, -0.05) is 24.3 Å². The second-order valence-corrected chi connectivity index (χ2v) is 9.20. The molecule has 140 valence electrons. The van der Waals surface area contributed by atoms with Gasteiger partial charge in [-0.05, 0) is 67.7 Å². The maximum atomic E-state index is 13.0. The van der Waals surface area contributed by atoms with Crippen LogP contribution in [0.5, 0.6) is 0 Å². The smallest absolute Gasteiger partial charge is 0.243 e. The van der Waals surface area contributed by atoms with Gasteiger partial charge in [-0.2, -0.15) is 9.57 Å². The Morgan fingerprint density at radius 2 is 1.48 bits per heavy atom. The van der Waals surface area contributed by atoms with E-state index in [1.54, 1.807) is 28.6 Å². The summed E-state index contributed by atoms with van der Waals surface area (Å²) in [5.41, 5.74) is 2.52. The molecule has 27 heavy (non-hydrogen) atoms. The highest BCUT2D eigenvalue weighted by Crippen LogP contribution is 2.27. The Kier molecular flexibility index (Phi) is 5.00. The van der Waals surface area contributed by atoms with Crippen molar-refractivity contribution in [2.45, 2.75) is 30.2 Å². The molecule has 2 saturated heterocycles. The molecule has 2 fully saturated rings. The molecular formula is C21H23N3O2S. The lowest BCUT2D eigenvalue weighted by Gasteiger charge is -2.23. The normalized spacial score (nSPS) is 21.4. The largest absolute Gasteiger partial charge is 0.299 e. The summed E-state index contributed by atoms with van der Waals surface area (Å²) in [6, 6.07) is 16.8. The van der Waals surface area contributed by atoms with Crippen molar-refractivity contribution in [1.29, 1.82) is 5.26 Å². The van der Waals surface area contributed by atoms with Gasteiger partial charge in [-0.25, -0.2) is 8.42 Å². The fourth-order valence-electron chi connectivity index (χ4n) is 4.04. The first-order valence-electron chi connectivity index (χ1n) is 9.43. The first-order valence-corrected chi connectivity index (χ1v) is 10.9. The van der Waals surface area contributed by atoms with E-state index >= 15 is 0 Å². The van der Waals surface area contributed by atoms with E-state index < -0.39 is 10.0 Å². The van der Waals surface area contributed by atoms with Gasteiger partial charge in [0, 0.05) is 19.1 Å². The van der Waals surface area contributed by atoms with Crippen molar-refractivity contribution >= 4 is 10.0 Å². The zero-order valence-electron chi connectivity index (χ0n) is 15.2. The molecule has 1 atom stereocenters. The molecule has 0 radical (unpaired) electrons. The van der Waals surface area contributed by atoms with Crippen LogP contribution in [0.2, 0.25) is 0 Å². The van der Waals surface area contributed by atoms with Crippen LogP contribution in [0.1, 0.15) is 24.8 Å². The van der Waals surface area contributed by atoms with Gasteiger partial charge in [-0.15, -0.1) is 0 Å². The van der Waals surface area contributed by atoms with Crippen LogP contribution in [0.3, 0.4) is 0 Å². The summed E-state index contributed by atoms with van der Waals surface area (Å²) in [6.07, 6.45) is 3.36.